The summed E-state index contributed by atoms with van der Waals surface area (Å²) in [5.74, 6) is 0.332. The molecule has 0 atom stereocenters. The average molecular weight is 237 g/mol. The van der Waals surface area contributed by atoms with Crippen molar-refractivity contribution in [2.24, 2.45) is 5.41 Å². The molecule has 5 heteroatoms. The Morgan fingerprint density at radius 2 is 2.24 bits per heavy atom. The first-order valence-corrected chi connectivity index (χ1v) is 5.42. The number of pyridine rings is 1. The van der Waals surface area contributed by atoms with E-state index in [9.17, 15) is 4.79 Å². The van der Waals surface area contributed by atoms with Gasteiger partial charge in [-0.25, -0.2) is 4.98 Å². The third kappa shape index (κ3) is 3.09. The molecular weight excluding hydrogens is 218 g/mol. The molecule has 0 aliphatic heterocycles. The number of anilines is 2. The highest BCUT2D eigenvalue weighted by atomic mass is 16.5. The van der Waals surface area contributed by atoms with Crippen molar-refractivity contribution in [3.63, 3.8) is 0 Å². The number of hydrogen-bond donors (Lipinski definition) is 2. The van der Waals surface area contributed by atoms with Crippen LogP contribution in [0.15, 0.2) is 12.3 Å². The molecule has 0 aliphatic rings. The normalized spacial score (nSPS) is 11.1. The maximum Gasteiger partial charge on any atom is 0.313 e. The number of hydrogen-bond acceptors (Lipinski definition) is 5. The zero-order valence-corrected chi connectivity index (χ0v) is 10.7. The molecule has 0 aliphatic carbocycles. The van der Waals surface area contributed by atoms with E-state index < -0.39 is 5.41 Å². The van der Waals surface area contributed by atoms with E-state index in [1.807, 2.05) is 13.0 Å². The zero-order chi connectivity index (χ0) is 13.1. The van der Waals surface area contributed by atoms with Crippen molar-refractivity contribution in [2.45, 2.75) is 20.8 Å². The fraction of sp³-hybridized carbons (Fsp3) is 0.500. The second-order valence-corrected chi connectivity index (χ2v) is 4.62. The van der Waals surface area contributed by atoms with Crippen molar-refractivity contribution in [3.8, 4) is 0 Å². The number of methoxy groups -OCH3 is 1. The molecule has 1 aromatic heterocycles. The van der Waals surface area contributed by atoms with Crippen molar-refractivity contribution in [3.05, 3.63) is 17.8 Å². The fourth-order valence-electron chi connectivity index (χ4n) is 1.36. The van der Waals surface area contributed by atoms with Crippen LogP contribution in [-0.2, 0) is 9.53 Å². The topological polar surface area (TPSA) is 77.2 Å². The summed E-state index contributed by atoms with van der Waals surface area (Å²) in [7, 11) is 1.38. The lowest BCUT2D eigenvalue weighted by atomic mass is 9.94. The molecule has 0 unspecified atom stereocenters. The Balaban J connectivity index is 2.74. The highest BCUT2D eigenvalue weighted by Gasteiger charge is 2.28. The second kappa shape index (κ2) is 5.03. The standard InChI is InChI=1S/C12H19N3O2/c1-8-5-6-14-10(9(8)13)15-7-12(2,3)11(16)17-4/h5-6H,7,13H2,1-4H3,(H,14,15). The highest BCUT2D eigenvalue weighted by molar-refractivity contribution is 5.77. The number of carbonyl (C=O) groups excluding carboxylic acids is 1. The molecule has 1 aromatic rings. The first-order valence-electron chi connectivity index (χ1n) is 5.42. The molecule has 0 saturated heterocycles. The molecule has 94 valence electrons. The average Bonchev–Trinajstić information content (AvgIpc) is 2.30. The van der Waals surface area contributed by atoms with E-state index in [0.717, 1.165) is 5.56 Å². The van der Waals surface area contributed by atoms with Crippen LogP contribution >= 0.6 is 0 Å². The molecule has 1 heterocycles. The predicted octanol–water partition coefficient (Wildman–Crippen LogP) is 1.58. The lowest BCUT2D eigenvalue weighted by molar-refractivity contribution is -0.149. The van der Waals surface area contributed by atoms with Crippen LogP contribution in [0.5, 0.6) is 0 Å². The summed E-state index contributed by atoms with van der Waals surface area (Å²) >= 11 is 0. The Hall–Kier alpha value is -1.78. The number of nitrogen functional groups attached to an aromatic ring is 1. The number of esters is 1. The van der Waals surface area contributed by atoms with Gasteiger partial charge >= 0.3 is 5.97 Å². The van der Waals surface area contributed by atoms with E-state index in [1.165, 1.54) is 7.11 Å². The molecular formula is C12H19N3O2. The minimum atomic E-state index is -0.618. The van der Waals surface area contributed by atoms with Crippen LogP contribution < -0.4 is 11.1 Å². The maximum absolute atomic E-state index is 11.5. The third-order valence-electron chi connectivity index (χ3n) is 2.64. The minimum absolute atomic E-state index is 0.267. The van der Waals surface area contributed by atoms with Crippen LogP contribution in [-0.4, -0.2) is 24.6 Å². The predicted molar refractivity (Wildman–Crippen MR) is 67.7 cm³/mol. The Bertz CT molecular complexity index is 416. The lowest BCUT2D eigenvalue weighted by Crippen LogP contribution is -2.33. The number of rotatable bonds is 4. The summed E-state index contributed by atoms with van der Waals surface area (Å²) in [6.45, 7) is 5.93. The number of carbonyl (C=O) groups is 1. The van der Waals surface area contributed by atoms with Gasteiger partial charge in [-0.1, -0.05) is 0 Å². The van der Waals surface area contributed by atoms with Gasteiger partial charge in [0, 0.05) is 12.7 Å². The molecule has 0 aromatic carbocycles. The molecule has 5 nitrogen and oxygen atoms in total. The number of nitrogens with one attached hydrogen (secondary N) is 1. The van der Waals surface area contributed by atoms with Gasteiger partial charge in [0.15, 0.2) is 0 Å². The Morgan fingerprint density at radius 1 is 1.59 bits per heavy atom. The summed E-state index contributed by atoms with van der Waals surface area (Å²) in [4.78, 5) is 15.6. The van der Waals surface area contributed by atoms with Gasteiger partial charge < -0.3 is 15.8 Å². The monoisotopic (exact) mass is 237 g/mol. The summed E-state index contributed by atoms with van der Waals surface area (Å²) in [5, 5.41) is 3.07. The molecule has 17 heavy (non-hydrogen) atoms. The number of ether oxygens (including phenoxy) is 1. The summed E-state index contributed by atoms with van der Waals surface area (Å²) in [6.07, 6.45) is 1.68. The van der Waals surface area contributed by atoms with Crippen LogP contribution in [0.2, 0.25) is 0 Å². The molecule has 0 bridgehead atoms. The number of nitrogens with two attached hydrogens (primary N) is 1. The molecule has 0 amide bonds. The van der Waals surface area contributed by atoms with Gasteiger partial charge in [-0.2, -0.15) is 0 Å². The maximum atomic E-state index is 11.5. The number of aromatic nitrogens is 1. The van der Waals surface area contributed by atoms with Gasteiger partial charge in [-0.05, 0) is 32.4 Å². The molecule has 0 saturated carbocycles. The van der Waals surface area contributed by atoms with Gasteiger partial charge in [-0.15, -0.1) is 0 Å². The van der Waals surface area contributed by atoms with Crippen molar-refractivity contribution in [1.82, 2.24) is 4.98 Å². The Morgan fingerprint density at radius 3 is 2.82 bits per heavy atom. The van der Waals surface area contributed by atoms with Crippen molar-refractivity contribution in [2.75, 3.05) is 24.7 Å². The lowest BCUT2D eigenvalue weighted by Gasteiger charge is -2.22. The van der Waals surface area contributed by atoms with E-state index in [-0.39, 0.29) is 5.97 Å². The molecule has 0 spiro atoms. The van der Waals surface area contributed by atoms with Crippen molar-refractivity contribution < 1.29 is 9.53 Å². The van der Waals surface area contributed by atoms with Crippen LogP contribution in [0, 0.1) is 12.3 Å². The van der Waals surface area contributed by atoms with Gasteiger partial charge in [0.25, 0.3) is 0 Å². The van der Waals surface area contributed by atoms with E-state index >= 15 is 0 Å². The van der Waals surface area contributed by atoms with Crippen molar-refractivity contribution in [1.29, 1.82) is 0 Å². The molecule has 0 fully saturated rings. The third-order valence-corrected chi connectivity index (χ3v) is 2.64. The number of nitrogens with zero attached hydrogens (tertiary/aromatic N) is 1. The Labute approximate surface area is 101 Å². The summed E-state index contributed by atoms with van der Waals surface area (Å²) in [6, 6.07) is 1.84. The van der Waals surface area contributed by atoms with Gasteiger partial charge in [0.1, 0.15) is 5.82 Å². The second-order valence-electron chi connectivity index (χ2n) is 4.62. The summed E-state index contributed by atoms with van der Waals surface area (Å²) in [5.41, 5.74) is 6.82. The first-order chi connectivity index (χ1) is 7.88. The van der Waals surface area contributed by atoms with E-state index in [2.05, 4.69) is 10.3 Å². The van der Waals surface area contributed by atoms with Crippen LogP contribution in [0.1, 0.15) is 19.4 Å². The van der Waals surface area contributed by atoms with Crippen LogP contribution in [0.3, 0.4) is 0 Å². The van der Waals surface area contributed by atoms with E-state index in [1.54, 1.807) is 20.0 Å². The van der Waals surface area contributed by atoms with Crippen molar-refractivity contribution >= 4 is 17.5 Å². The molecule has 3 N–H and O–H groups in total. The first kappa shape index (κ1) is 13.3. The van der Waals surface area contributed by atoms with Gasteiger partial charge in [-0.3, -0.25) is 4.79 Å². The molecule has 1 rings (SSSR count). The fourth-order valence-corrected chi connectivity index (χ4v) is 1.36. The quantitative estimate of drug-likeness (QED) is 0.777. The number of aryl methyl sites for hydroxylation is 1. The highest BCUT2D eigenvalue weighted by Crippen LogP contribution is 2.22. The largest absolute Gasteiger partial charge is 0.469 e. The van der Waals surface area contributed by atoms with E-state index in [4.69, 9.17) is 10.5 Å². The minimum Gasteiger partial charge on any atom is -0.469 e. The van der Waals surface area contributed by atoms with Crippen LogP contribution in [0.4, 0.5) is 11.5 Å². The smallest absolute Gasteiger partial charge is 0.313 e. The Kier molecular flexibility index (Phi) is 3.93. The zero-order valence-electron chi connectivity index (χ0n) is 10.7. The SMILES string of the molecule is COC(=O)C(C)(C)CNc1nccc(C)c1N. The van der Waals surface area contributed by atoms with Crippen LogP contribution in [0.25, 0.3) is 0 Å². The summed E-state index contributed by atoms with van der Waals surface area (Å²) < 4.78 is 4.73. The van der Waals surface area contributed by atoms with E-state index in [0.29, 0.717) is 18.1 Å². The van der Waals surface area contributed by atoms with Gasteiger partial charge in [0.2, 0.25) is 0 Å². The molecule has 0 radical (unpaired) electrons. The van der Waals surface area contributed by atoms with Gasteiger partial charge in [0.05, 0.1) is 18.2 Å².